The Hall–Kier alpha value is -1.66. The summed E-state index contributed by atoms with van der Waals surface area (Å²) in [5.74, 6) is 1.10. The van der Waals surface area contributed by atoms with Crippen molar-refractivity contribution in [1.82, 2.24) is 15.2 Å². The molecule has 4 rings (SSSR count). The number of rotatable bonds is 3. The Bertz CT molecular complexity index is 679. The van der Waals surface area contributed by atoms with E-state index in [2.05, 4.69) is 10.6 Å². The normalized spacial score (nSPS) is 26.7. The van der Waals surface area contributed by atoms with Gasteiger partial charge in [0.2, 0.25) is 0 Å². The lowest BCUT2D eigenvalue weighted by molar-refractivity contribution is 0.0642. The van der Waals surface area contributed by atoms with Crippen LogP contribution in [0.5, 0.6) is 0 Å². The minimum Gasteiger partial charge on any atom is -0.381 e. The number of carbonyl (C=O) groups excluding carboxylic acids is 1. The summed E-state index contributed by atoms with van der Waals surface area (Å²) >= 11 is 0. The van der Waals surface area contributed by atoms with E-state index in [1.54, 1.807) is 6.07 Å². The van der Waals surface area contributed by atoms with Crippen molar-refractivity contribution < 1.29 is 9.53 Å². The van der Waals surface area contributed by atoms with Gasteiger partial charge in [0.15, 0.2) is 0 Å². The number of nitrogens with one attached hydrogen (secondary N) is 2. The first-order chi connectivity index (χ1) is 11.7. The molecule has 2 atom stereocenters. The molecule has 1 aromatic rings. The summed E-state index contributed by atoms with van der Waals surface area (Å²) in [6, 6.07) is 3.68. The van der Waals surface area contributed by atoms with E-state index >= 15 is 0 Å². The molecular formula is C18H25N3O3. The van der Waals surface area contributed by atoms with Crippen molar-refractivity contribution in [1.29, 1.82) is 0 Å². The first-order valence-electron chi connectivity index (χ1n) is 9.03. The van der Waals surface area contributed by atoms with Crippen LogP contribution < -0.4 is 16.2 Å². The maximum Gasteiger partial charge on any atom is 0.263 e. The molecule has 0 spiro atoms. The van der Waals surface area contributed by atoms with Crippen molar-refractivity contribution in [3.05, 3.63) is 33.7 Å². The van der Waals surface area contributed by atoms with Crippen LogP contribution in [0.1, 0.15) is 41.2 Å². The summed E-state index contributed by atoms with van der Waals surface area (Å²) in [4.78, 5) is 25.3. The Morgan fingerprint density at radius 1 is 1.29 bits per heavy atom. The standard InChI is InChI=1S/C18H25N3O3/c22-17(20-9-12-3-5-24-6-4-12)15-1-2-16-14-7-13(8-19-10-14)11-21(16)18(15)23/h1-2,12-14,19H,3-11H2,(H,20,22)/t13-,14+/m0/s1. The SMILES string of the molecule is O=C(NCC1CCOCC1)c1ccc2n(c1=O)C[C@@H]1CNC[C@H]2C1. The van der Waals surface area contributed by atoms with Crippen LogP contribution >= 0.6 is 0 Å². The molecule has 24 heavy (non-hydrogen) atoms. The molecule has 0 unspecified atom stereocenters. The fraction of sp³-hybridized carbons (Fsp3) is 0.667. The molecule has 2 fully saturated rings. The van der Waals surface area contributed by atoms with E-state index in [1.807, 2.05) is 10.6 Å². The van der Waals surface area contributed by atoms with Crippen LogP contribution in [0.2, 0.25) is 0 Å². The van der Waals surface area contributed by atoms with Gasteiger partial charge in [0.1, 0.15) is 5.56 Å². The lowest BCUT2D eigenvalue weighted by Gasteiger charge is -2.37. The summed E-state index contributed by atoms with van der Waals surface area (Å²) in [5, 5.41) is 6.38. The number of carbonyl (C=O) groups is 1. The zero-order chi connectivity index (χ0) is 16.5. The van der Waals surface area contributed by atoms with E-state index in [4.69, 9.17) is 4.74 Å². The van der Waals surface area contributed by atoms with E-state index in [9.17, 15) is 9.59 Å². The average Bonchev–Trinajstić information content (AvgIpc) is 2.62. The van der Waals surface area contributed by atoms with Gasteiger partial charge >= 0.3 is 0 Å². The Balaban J connectivity index is 1.50. The highest BCUT2D eigenvalue weighted by molar-refractivity contribution is 5.93. The third-order valence-corrected chi connectivity index (χ3v) is 5.65. The first kappa shape index (κ1) is 15.8. The lowest BCUT2D eigenvalue weighted by atomic mass is 9.84. The van der Waals surface area contributed by atoms with E-state index < -0.39 is 0 Å². The number of aromatic nitrogens is 1. The largest absolute Gasteiger partial charge is 0.381 e. The highest BCUT2D eigenvalue weighted by Gasteiger charge is 2.31. The fourth-order valence-electron chi connectivity index (χ4n) is 4.25. The third-order valence-electron chi connectivity index (χ3n) is 5.65. The van der Waals surface area contributed by atoms with Gasteiger partial charge in [-0.2, -0.15) is 0 Å². The predicted molar refractivity (Wildman–Crippen MR) is 90.3 cm³/mol. The molecule has 0 aliphatic carbocycles. The molecule has 6 nitrogen and oxygen atoms in total. The second-order valence-electron chi connectivity index (χ2n) is 7.31. The van der Waals surface area contributed by atoms with E-state index in [0.717, 1.165) is 57.8 Å². The Morgan fingerprint density at radius 3 is 2.96 bits per heavy atom. The van der Waals surface area contributed by atoms with Gasteiger partial charge in [0.25, 0.3) is 11.5 Å². The Kier molecular flexibility index (Phi) is 4.41. The molecule has 1 aromatic heterocycles. The summed E-state index contributed by atoms with van der Waals surface area (Å²) in [5.41, 5.74) is 1.22. The molecule has 130 valence electrons. The predicted octanol–water partition coefficient (Wildman–Crippen LogP) is 0.711. The molecule has 3 aliphatic rings. The third kappa shape index (κ3) is 3.00. The van der Waals surface area contributed by atoms with Gasteiger partial charge in [-0.1, -0.05) is 0 Å². The summed E-state index contributed by atoms with van der Waals surface area (Å²) < 4.78 is 7.17. The van der Waals surface area contributed by atoms with Crippen molar-refractivity contribution in [2.45, 2.75) is 31.7 Å². The van der Waals surface area contributed by atoms with Gasteiger partial charge in [-0.15, -0.1) is 0 Å². The maximum absolute atomic E-state index is 12.8. The molecule has 1 amide bonds. The first-order valence-corrected chi connectivity index (χ1v) is 9.03. The quantitative estimate of drug-likeness (QED) is 0.856. The van der Waals surface area contributed by atoms with E-state index in [0.29, 0.717) is 24.3 Å². The number of hydrogen-bond acceptors (Lipinski definition) is 4. The minimum atomic E-state index is -0.240. The number of nitrogens with zero attached hydrogens (tertiary/aromatic N) is 1. The molecular weight excluding hydrogens is 306 g/mol. The van der Waals surface area contributed by atoms with Crippen LogP contribution in [-0.4, -0.2) is 43.3 Å². The van der Waals surface area contributed by atoms with Crippen LogP contribution in [0.4, 0.5) is 0 Å². The van der Waals surface area contributed by atoms with E-state index in [-0.39, 0.29) is 17.0 Å². The maximum atomic E-state index is 12.8. The lowest BCUT2D eigenvalue weighted by Crippen LogP contribution is -2.46. The van der Waals surface area contributed by atoms with Gasteiger partial charge < -0.3 is 19.9 Å². The topological polar surface area (TPSA) is 72.4 Å². The molecule has 3 aliphatic heterocycles. The van der Waals surface area contributed by atoms with Gasteiger partial charge in [-0.3, -0.25) is 9.59 Å². The zero-order valence-corrected chi connectivity index (χ0v) is 13.9. The molecule has 6 heteroatoms. The number of fused-ring (bicyclic) bond motifs is 4. The highest BCUT2D eigenvalue weighted by Crippen LogP contribution is 2.31. The molecule has 0 radical (unpaired) electrons. The van der Waals surface area contributed by atoms with Crippen LogP contribution in [0.25, 0.3) is 0 Å². The summed E-state index contributed by atoms with van der Waals surface area (Å²) in [7, 11) is 0. The second-order valence-corrected chi connectivity index (χ2v) is 7.31. The zero-order valence-electron chi connectivity index (χ0n) is 13.9. The van der Waals surface area contributed by atoms with Crippen LogP contribution in [0.3, 0.4) is 0 Å². The Morgan fingerprint density at radius 2 is 2.12 bits per heavy atom. The van der Waals surface area contributed by atoms with Crippen molar-refractivity contribution in [2.75, 3.05) is 32.8 Å². The fourth-order valence-corrected chi connectivity index (χ4v) is 4.25. The number of amides is 1. The van der Waals surface area contributed by atoms with Gasteiger partial charge in [0.05, 0.1) is 0 Å². The Labute approximate surface area is 141 Å². The molecule has 2 saturated heterocycles. The number of pyridine rings is 1. The van der Waals surface area contributed by atoms with Crippen molar-refractivity contribution in [2.24, 2.45) is 11.8 Å². The van der Waals surface area contributed by atoms with E-state index in [1.165, 1.54) is 0 Å². The van der Waals surface area contributed by atoms with Gasteiger partial charge in [0, 0.05) is 44.5 Å². The summed E-state index contributed by atoms with van der Waals surface area (Å²) in [6.07, 6.45) is 3.08. The monoisotopic (exact) mass is 331 g/mol. The number of ether oxygens (including phenoxy) is 1. The smallest absolute Gasteiger partial charge is 0.263 e. The second kappa shape index (κ2) is 6.69. The van der Waals surface area contributed by atoms with Crippen LogP contribution in [0, 0.1) is 11.8 Å². The molecule has 0 aromatic carbocycles. The number of hydrogen-bond donors (Lipinski definition) is 2. The average molecular weight is 331 g/mol. The van der Waals surface area contributed by atoms with Gasteiger partial charge in [-0.25, -0.2) is 0 Å². The van der Waals surface area contributed by atoms with Crippen molar-refractivity contribution in [3.8, 4) is 0 Å². The van der Waals surface area contributed by atoms with Gasteiger partial charge in [-0.05, 0) is 49.8 Å². The van der Waals surface area contributed by atoms with Crippen LogP contribution in [-0.2, 0) is 11.3 Å². The van der Waals surface area contributed by atoms with Crippen molar-refractivity contribution in [3.63, 3.8) is 0 Å². The summed E-state index contributed by atoms with van der Waals surface area (Å²) in [6.45, 7) is 4.75. The highest BCUT2D eigenvalue weighted by atomic mass is 16.5. The minimum absolute atomic E-state index is 0.131. The van der Waals surface area contributed by atoms with Crippen molar-refractivity contribution >= 4 is 5.91 Å². The number of piperidine rings is 1. The molecule has 4 heterocycles. The molecule has 0 saturated carbocycles. The van der Waals surface area contributed by atoms with Crippen LogP contribution in [0.15, 0.2) is 16.9 Å². The molecule has 2 bridgehead atoms. The molecule has 2 N–H and O–H groups in total.